The second-order valence-electron chi connectivity index (χ2n) is 6.10. The number of carbonyl (C=O) groups excluding carboxylic acids is 1. The summed E-state index contributed by atoms with van der Waals surface area (Å²) in [7, 11) is -3.99. The zero-order chi connectivity index (χ0) is 18.4. The number of amides is 1. The smallest absolute Gasteiger partial charge is 0.406 e. The fourth-order valence-electron chi connectivity index (χ4n) is 3.30. The molecule has 0 N–H and O–H groups in total. The lowest BCUT2D eigenvalue weighted by atomic mass is 10.1. The van der Waals surface area contributed by atoms with Gasteiger partial charge in [0.05, 0.1) is 4.90 Å². The van der Waals surface area contributed by atoms with Crippen LogP contribution in [0, 0.1) is 0 Å². The monoisotopic (exact) mass is 378 g/mol. The van der Waals surface area contributed by atoms with E-state index in [9.17, 15) is 26.4 Å². The van der Waals surface area contributed by atoms with Crippen LogP contribution in [0.5, 0.6) is 5.75 Å². The van der Waals surface area contributed by atoms with Gasteiger partial charge in [0.2, 0.25) is 15.9 Å². The Labute approximate surface area is 143 Å². The standard InChI is InChI=1S/C15H17F3N2O4S/c1-10-14(21)19-8-2-3-11(19)9-20(10)25(22,23)13-6-4-12(5-7-13)24-15(16,17)18/h4-7,10-11H,2-3,8-9H2,1H3/t10-,11+/m0/s1. The first-order valence-electron chi connectivity index (χ1n) is 7.78. The molecule has 0 spiro atoms. The van der Waals surface area contributed by atoms with Gasteiger partial charge in [-0.15, -0.1) is 13.2 Å². The number of rotatable bonds is 3. The molecule has 0 saturated carbocycles. The van der Waals surface area contributed by atoms with Crippen LogP contribution in [0.3, 0.4) is 0 Å². The molecule has 1 aromatic rings. The van der Waals surface area contributed by atoms with Crippen molar-refractivity contribution < 1.29 is 31.1 Å². The highest BCUT2D eigenvalue weighted by molar-refractivity contribution is 7.89. The van der Waals surface area contributed by atoms with Crippen molar-refractivity contribution in [2.75, 3.05) is 13.1 Å². The van der Waals surface area contributed by atoms with Gasteiger partial charge in [-0.2, -0.15) is 4.31 Å². The highest BCUT2D eigenvalue weighted by Gasteiger charge is 2.45. The van der Waals surface area contributed by atoms with E-state index in [1.54, 1.807) is 4.90 Å². The summed E-state index contributed by atoms with van der Waals surface area (Å²) in [6.45, 7) is 2.34. The van der Waals surface area contributed by atoms with Crippen LogP contribution in [-0.4, -0.2) is 55.1 Å². The highest BCUT2D eigenvalue weighted by atomic mass is 32.2. The summed E-state index contributed by atoms with van der Waals surface area (Å²) in [4.78, 5) is 13.9. The van der Waals surface area contributed by atoms with Gasteiger partial charge in [0.15, 0.2) is 0 Å². The molecule has 6 nitrogen and oxygen atoms in total. The minimum absolute atomic E-state index is 0.147. The number of nitrogens with zero attached hydrogens (tertiary/aromatic N) is 2. The summed E-state index contributed by atoms with van der Waals surface area (Å²) in [6, 6.07) is 3.00. The van der Waals surface area contributed by atoms with Gasteiger partial charge in [0.25, 0.3) is 0 Å². The maximum atomic E-state index is 12.8. The second-order valence-corrected chi connectivity index (χ2v) is 7.99. The van der Waals surface area contributed by atoms with Crippen molar-refractivity contribution in [2.45, 2.75) is 43.1 Å². The quantitative estimate of drug-likeness (QED) is 0.807. The van der Waals surface area contributed by atoms with E-state index in [1.807, 2.05) is 0 Å². The SMILES string of the molecule is C[C@H]1C(=O)N2CCC[C@@H]2CN1S(=O)(=O)c1ccc(OC(F)(F)F)cc1. The Hall–Kier alpha value is -1.81. The van der Waals surface area contributed by atoms with Gasteiger partial charge in [-0.25, -0.2) is 8.42 Å². The van der Waals surface area contributed by atoms with Crippen molar-refractivity contribution in [3.05, 3.63) is 24.3 Å². The number of carbonyl (C=O) groups is 1. The molecule has 2 aliphatic heterocycles. The minimum atomic E-state index is -4.85. The third kappa shape index (κ3) is 3.45. The van der Waals surface area contributed by atoms with E-state index in [4.69, 9.17) is 0 Å². The lowest BCUT2D eigenvalue weighted by Crippen LogP contribution is -2.59. The molecule has 25 heavy (non-hydrogen) atoms. The van der Waals surface area contributed by atoms with Crippen molar-refractivity contribution in [3.63, 3.8) is 0 Å². The number of ether oxygens (including phenoxy) is 1. The van der Waals surface area contributed by atoms with Gasteiger partial charge in [-0.1, -0.05) is 0 Å². The van der Waals surface area contributed by atoms with E-state index in [0.717, 1.165) is 41.4 Å². The summed E-state index contributed by atoms with van der Waals surface area (Å²) < 4.78 is 67.1. The molecule has 1 aromatic carbocycles. The van der Waals surface area contributed by atoms with Crippen molar-refractivity contribution in [3.8, 4) is 5.75 Å². The average Bonchev–Trinajstić information content (AvgIpc) is 2.98. The zero-order valence-electron chi connectivity index (χ0n) is 13.4. The number of piperazine rings is 1. The number of fused-ring (bicyclic) bond motifs is 1. The molecule has 2 atom stereocenters. The summed E-state index contributed by atoms with van der Waals surface area (Å²) in [5.41, 5.74) is 0. The number of hydrogen-bond acceptors (Lipinski definition) is 4. The average molecular weight is 378 g/mol. The predicted molar refractivity (Wildman–Crippen MR) is 81.2 cm³/mol. The Morgan fingerprint density at radius 1 is 1.20 bits per heavy atom. The van der Waals surface area contributed by atoms with Gasteiger partial charge in [0.1, 0.15) is 11.8 Å². The molecule has 0 aliphatic carbocycles. The van der Waals surface area contributed by atoms with Crippen LogP contribution in [0.25, 0.3) is 0 Å². The zero-order valence-corrected chi connectivity index (χ0v) is 14.2. The molecule has 2 saturated heterocycles. The molecule has 2 fully saturated rings. The maximum Gasteiger partial charge on any atom is 0.573 e. The fourth-order valence-corrected chi connectivity index (χ4v) is 4.93. The van der Waals surface area contributed by atoms with E-state index in [-0.39, 0.29) is 23.4 Å². The van der Waals surface area contributed by atoms with Crippen LogP contribution < -0.4 is 4.74 Å². The van der Waals surface area contributed by atoms with Gasteiger partial charge in [-0.05, 0) is 44.0 Å². The number of alkyl halides is 3. The molecule has 0 radical (unpaired) electrons. The van der Waals surface area contributed by atoms with Crippen LogP contribution in [0.2, 0.25) is 0 Å². The predicted octanol–water partition coefficient (Wildman–Crippen LogP) is 1.97. The van der Waals surface area contributed by atoms with Crippen LogP contribution in [0.4, 0.5) is 13.2 Å². The first kappa shape index (κ1) is 18.0. The first-order valence-corrected chi connectivity index (χ1v) is 9.22. The van der Waals surface area contributed by atoms with Crippen molar-refractivity contribution in [2.24, 2.45) is 0 Å². The van der Waals surface area contributed by atoms with Gasteiger partial charge in [0, 0.05) is 19.1 Å². The molecule has 0 bridgehead atoms. The van der Waals surface area contributed by atoms with Crippen LogP contribution in [0.1, 0.15) is 19.8 Å². The van der Waals surface area contributed by atoms with E-state index < -0.39 is 28.2 Å². The Morgan fingerprint density at radius 2 is 1.84 bits per heavy atom. The number of benzene rings is 1. The summed E-state index contributed by atoms with van der Waals surface area (Å²) in [5, 5.41) is 0. The lowest BCUT2D eigenvalue weighted by molar-refractivity contribution is -0.274. The largest absolute Gasteiger partial charge is 0.573 e. The normalized spacial score (nSPS) is 25.1. The van der Waals surface area contributed by atoms with E-state index in [0.29, 0.717) is 6.54 Å². The van der Waals surface area contributed by atoms with Crippen molar-refractivity contribution >= 4 is 15.9 Å². The van der Waals surface area contributed by atoms with Gasteiger partial charge in [-0.3, -0.25) is 4.79 Å². The highest BCUT2D eigenvalue weighted by Crippen LogP contribution is 2.31. The lowest BCUT2D eigenvalue weighted by Gasteiger charge is -2.40. The molecular weight excluding hydrogens is 361 g/mol. The minimum Gasteiger partial charge on any atom is -0.406 e. The molecule has 1 amide bonds. The summed E-state index contributed by atoms with van der Waals surface area (Å²) in [5.74, 6) is -0.745. The van der Waals surface area contributed by atoms with E-state index in [2.05, 4.69) is 4.74 Å². The number of halogens is 3. The Morgan fingerprint density at radius 3 is 2.44 bits per heavy atom. The third-order valence-electron chi connectivity index (χ3n) is 4.50. The molecule has 138 valence electrons. The van der Waals surface area contributed by atoms with Gasteiger partial charge >= 0.3 is 6.36 Å². The molecule has 0 unspecified atom stereocenters. The molecule has 2 heterocycles. The third-order valence-corrected chi connectivity index (χ3v) is 6.45. The second kappa shape index (κ2) is 6.17. The topological polar surface area (TPSA) is 66.9 Å². The molecular formula is C15H17F3N2O4S. The van der Waals surface area contributed by atoms with Crippen molar-refractivity contribution in [1.82, 2.24) is 9.21 Å². The Balaban J connectivity index is 1.84. The molecule has 0 aromatic heterocycles. The molecule has 10 heteroatoms. The van der Waals surface area contributed by atoms with Gasteiger partial charge < -0.3 is 9.64 Å². The van der Waals surface area contributed by atoms with Crippen LogP contribution in [-0.2, 0) is 14.8 Å². The number of hydrogen-bond donors (Lipinski definition) is 0. The van der Waals surface area contributed by atoms with E-state index >= 15 is 0 Å². The maximum absolute atomic E-state index is 12.8. The van der Waals surface area contributed by atoms with Crippen LogP contribution in [0.15, 0.2) is 29.2 Å². The Kier molecular flexibility index (Phi) is 4.44. The first-order chi connectivity index (χ1) is 11.6. The van der Waals surface area contributed by atoms with E-state index in [1.165, 1.54) is 6.92 Å². The summed E-state index contributed by atoms with van der Waals surface area (Å²) >= 11 is 0. The Bertz CT molecular complexity index is 764. The molecule has 3 rings (SSSR count). The summed E-state index contributed by atoms with van der Waals surface area (Å²) in [6.07, 6.45) is -3.27. The van der Waals surface area contributed by atoms with Crippen LogP contribution >= 0.6 is 0 Å². The fraction of sp³-hybridized carbons (Fsp3) is 0.533. The number of sulfonamides is 1. The molecule has 2 aliphatic rings. The van der Waals surface area contributed by atoms with Crippen molar-refractivity contribution in [1.29, 1.82) is 0 Å².